The maximum absolute atomic E-state index is 4.96. The van der Waals surface area contributed by atoms with Crippen molar-refractivity contribution in [3.05, 3.63) is 82.6 Å². The second-order valence-corrected chi connectivity index (χ2v) is 8.88. The molecular formula is C24H25BrN6. The van der Waals surface area contributed by atoms with E-state index in [1.54, 1.807) is 0 Å². The zero-order valence-electron chi connectivity index (χ0n) is 17.5. The van der Waals surface area contributed by atoms with Gasteiger partial charge in [-0.15, -0.1) is 0 Å². The minimum Gasteiger partial charge on any atom is -0.353 e. The van der Waals surface area contributed by atoms with Crippen molar-refractivity contribution < 1.29 is 0 Å². The fourth-order valence-corrected chi connectivity index (χ4v) is 4.30. The molecular weight excluding hydrogens is 452 g/mol. The summed E-state index contributed by atoms with van der Waals surface area (Å²) in [6, 6.07) is 20.8. The van der Waals surface area contributed by atoms with Crippen LogP contribution >= 0.6 is 15.9 Å². The highest BCUT2D eigenvalue weighted by molar-refractivity contribution is 9.10. The van der Waals surface area contributed by atoms with Gasteiger partial charge in [0, 0.05) is 66.3 Å². The molecule has 7 heteroatoms. The van der Waals surface area contributed by atoms with Crippen molar-refractivity contribution in [2.45, 2.75) is 13.5 Å². The monoisotopic (exact) mass is 476 g/mol. The molecule has 1 saturated heterocycles. The maximum atomic E-state index is 4.96. The van der Waals surface area contributed by atoms with Crippen LogP contribution in [0.1, 0.15) is 11.3 Å². The molecule has 2 aromatic heterocycles. The second-order valence-electron chi connectivity index (χ2n) is 7.96. The summed E-state index contributed by atoms with van der Waals surface area (Å²) < 4.78 is 3.07. The molecule has 5 rings (SSSR count). The van der Waals surface area contributed by atoms with Crippen LogP contribution in [-0.2, 0) is 6.54 Å². The van der Waals surface area contributed by atoms with Gasteiger partial charge in [0.05, 0.1) is 11.4 Å². The Morgan fingerprint density at radius 1 is 0.968 bits per heavy atom. The standard InChI is InChI=1S/C24H25BrN6/c1-18-15-23(27-26-18)30-13-11-29(12-14-30)16-20-17-31(22-5-3-2-4-6-22)28-24(20)19-7-9-21(25)10-8-19/h2-10,15,17H,11-14,16H2,1H3,(H,26,27). The second kappa shape index (κ2) is 8.69. The predicted molar refractivity (Wildman–Crippen MR) is 128 cm³/mol. The Morgan fingerprint density at radius 3 is 2.39 bits per heavy atom. The number of H-pyrrole nitrogens is 1. The van der Waals surface area contributed by atoms with E-state index in [9.17, 15) is 0 Å². The predicted octanol–water partition coefficient (Wildman–Crippen LogP) is 4.66. The molecule has 0 bridgehead atoms. The molecule has 2 aromatic carbocycles. The minimum atomic E-state index is 0.881. The van der Waals surface area contributed by atoms with E-state index in [-0.39, 0.29) is 0 Å². The molecule has 0 atom stereocenters. The Bertz CT molecular complexity index is 1140. The molecule has 31 heavy (non-hydrogen) atoms. The molecule has 0 radical (unpaired) electrons. The number of nitrogens with zero attached hydrogens (tertiary/aromatic N) is 5. The van der Waals surface area contributed by atoms with Gasteiger partial charge in [-0.25, -0.2) is 4.68 Å². The van der Waals surface area contributed by atoms with Crippen LogP contribution in [-0.4, -0.2) is 51.1 Å². The first-order chi connectivity index (χ1) is 15.2. The van der Waals surface area contributed by atoms with Gasteiger partial charge < -0.3 is 4.90 Å². The first-order valence-electron chi connectivity index (χ1n) is 10.5. The molecule has 1 fully saturated rings. The number of benzene rings is 2. The lowest BCUT2D eigenvalue weighted by atomic mass is 10.1. The third-order valence-corrected chi connectivity index (χ3v) is 6.24. The van der Waals surface area contributed by atoms with Crippen LogP contribution in [0.2, 0.25) is 0 Å². The van der Waals surface area contributed by atoms with Crippen LogP contribution in [0.3, 0.4) is 0 Å². The van der Waals surface area contributed by atoms with Crippen molar-refractivity contribution >= 4 is 21.7 Å². The van der Waals surface area contributed by atoms with Crippen molar-refractivity contribution in [2.75, 3.05) is 31.1 Å². The zero-order chi connectivity index (χ0) is 21.2. The smallest absolute Gasteiger partial charge is 0.150 e. The summed E-state index contributed by atoms with van der Waals surface area (Å²) in [5.74, 6) is 1.05. The van der Waals surface area contributed by atoms with Crippen LogP contribution in [0.25, 0.3) is 16.9 Å². The number of hydrogen-bond donors (Lipinski definition) is 1. The molecule has 0 unspecified atom stereocenters. The molecule has 1 aliphatic heterocycles. The molecule has 6 nitrogen and oxygen atoms in total. The zero-order valence-corrected chi connectivity index (χ0v) is 19.1. The number of anilines is 1. The highest BCUT2D eigenvalue weighted by Gasteiger charge is 2.21. The Labute approximate surface area is 190 Å². The van der Waals surface area contributed by atoms with E-state index < -0.39 is 0 Å². The number of rotatable bonds is 5. The molecule has 0 aliphatic carbocycles. The first-order valence-corrected chi connectivity index (χ1v) is 11.3. The molecule has 4 aromatic rings. The van der Waals surface area contributed by atoms with Gasteiger partial charge in [0.15, 0.2) is 5.82 Å². The Hall–Kier alpha value is -2.90. The summed E-state index contributed by atoms with van der Waals surface area (Å²) in [5.41, 5.74) is 5.60. The average molecular weight is 477 g/mol. The molecule has 1 N–H and O–H groups in total. The molecule has 3 heterocycles. The van der Waals surface area contributed by atoms with Crippen molar-refractivity contribution in [2.24, 2.45) is 0 Å². The van der Waals surface area contributed by atoms with Gasteiger partial charge in [-0.2, -0.15) is 10.2 Å². The lowest BCUT2D eigenvalue weighted by Crippen LogP contribution is -2.46. The number of aromatic amines is 1. The number of halogens is 1. The minimum absolute atomic E-state index is 0.881. The summed E-state index contributed by atoms with van der Waals surface area (Å²) in [6.45, 7) is 6.88. The van der Waals surface area contributed by atoms with Gasteiger partial charge in [-0.05, 0) is 31.2 Å². The highest BCUT2D eigenvalue weighted by Crippen LogP contribution is 2.27. The van der Waals surface area contributed by atoms with Crippen LogP contribution in [0.4, 0.5) is 5.82 Å². The lowest BCUT2D eigenvalue weighted by molar-refractivity contribution is 0.249. The third kappa shape index (κ3) is 4.43. The normalized spacial score (nSPS) is 14.8. The fraction of sp³-hybridized carbons (Fsp3) is 0.250. The van der Waals surface area contributed by atoms with Gasteiger partial charge >= 0.3 is 0 Å². The van der Waals surface area contributed by atoms with Crippen LogP contribution in [0.15, 0.2) is 71.3 Å². The van der Waals surface area contributed by atoms with Gasteiger partial charge in [0.25, 0.3) is 0 Å². The van der Waals surface area contributed by atoms with E-state index in [4.69, 9.17) is 5.10 Å². The topological polar surface area (TPSA) is 53.0 Å². The van der Waals surface area contributed by atoms with Crippen molar-refractivity contribution in [3.63, 3.8) is 0 Å². The van der Waals surface area contributed by atoms with Crippen LogP contribution in [0, 0.1) is 6.92 Å². The van der Waals surface area contributed by atoms with Crippen molar-refractivity contribution in [1.29, 1.82) is 0 Å². The van der Waals surface area contributed by atoms with E-state index in [2.05, 4.69) is 84.6 Å². The number of piperazine rings is 1. The van der Waals surface area contributed by atoms with E-state index in [1.165, 1.54) is 5.56 Å². The van der Waals surface area contributed by atoms with Crippen LogP contribution in [0.5, 0.6) is 0 Å². The maximum Gasteiger partial charge on any atom is 0.150 e. The molecule has 158 valence electrons. The van der Waals surface area contributed by atoms with E-state index in [0.717, 1.165) is 65.7 Å². The first kappa shape index (κ1) is 20.0. The summed E-state index contributed by atoms with van der Waals surface area (Å²) >= 11 is 3.54. The Morgan fingerprint density at radius 2 is 1.71 bits per heavy atom. The fourth-order valence-electron chi connectivity index (χ4n) is 4.03. The molecule has 0 amide bonds. The lowest BCUT2D eigenvalue weighted by Gasteiger charge is -2.34. The van der Waals surface area contributed by atoms with Gasteiger partial charge in [-0.1, -0.05) is 46.3 Å². The van der Waals surface area contributed by atoms with Crippen LogP contribution < -0.4 is 4.90 Å². The van der Waals surface area contributed by atoms with Gasteiger partial charge in [0.2, 0.25) is 0 Å². The molecule has 0 spiro atoms. The summed E-state index contributed by atoms with van der Waals surface area (Å²) in [5, 5.41) is 12.4. The Balaban J connectivity index is 1.37. The Kier molecular flexibility index (Phi) is 5.61. The van der Waals surface area contributed by atoms with Gasteiger partial charge in [0.1, 0.15) is 0 Å². The SMILES string of the molecule is Cc1cc(N2CCN(Cc3cn(-c4ccccc4)nc3-c3ccc(Br)cc3)CC2)n[nH]1. The number of aryl methyl sites for hydroxylation is 1. The van der Waals surface area contributed by atoms with Crippen molar-refractivity contribution in [3.8, 4) is 16.9 Å². The number of nitrogens with one attached hydrogen (secondary N) is 1. The van der Waals surface area contributed by atoms with E-state index in [1.807, 2.05) is 29.8 Å². The third-order valence-electron chi connectivity index (χ3n) is 5.71. The van der Waals surface area contributed by atoms with E-state index >= 15 is 0 Å². The quantitative estimate of drug-likeness (QED) is 0.455. The average Bonchev–Trinajstić information content (AvgIpc) is 3.42. The number of aromatic nitrogens is 4. The summed E-state index contributed by atoms with van der Waals surface area (Å²) in [7, 11) is 0. The molecule has 0 saturated carbocycles. The highest BCUT2D eigenvalue weighted by atomic mass is 79.9. The van der Waals surface area contributed by atoms with Crippen molar-refractivity contribution in [1.82, 2.24) is 24.9 Å². The molecule has 1 aliphatic rings. The summed E-state index contributed by atoms with van der Waals surface area (Å²) in [4.78, 5) is 4.85. The number of para-hydroxylation sites is 1. The van der Waals surface area contributed by atoms with E-state index in [0.29, 0.717) is 0 Å². The summed E-state index contributed by atoms with van der Waals surface area (Å²) in [6.07, 6.45) is 2.18. The largest absolute Gasteiger partial charge is 0.353 e. The number of hydrogen-bond acceptors (Lipinski definition) is 4. The van der Waals surface area contributed by atoms with Gasteiger partial charge in [-0.3, -0.25) is 10.00 Å².